The lowest BCUT2D eigenvalue weighted by molar-refractivity contribution is -0.139. The van der Waals surface area contributed by atoms with E-state index in [-0.39, 0.29) is 29.7 Å². The standard InChI is InChI=1S/C16H25N3O4S/c1-4-5-6-7-11(2)17-14(21)10-24-16-18-12(8-13(20)19-16)9-15(22)23-3/h8,11H,4-7,9-10H2,1-3H3,(H,17,21)(H,18,19,20). The van der Waals surface area contributed by atoms with Gasteiger partial charge in [0.05, 0.1) is 25.0 Å². The van der Waals surface area contributed by atoms with Crippen LogP contribution in [0.15, 0.2) is 16.0 Å². The fourth-order valence-corrected chi connectivity index (χ4v) is 2.79. The Morgan fingerprint density at radius 1 is 1.42 bits per heavy atom. The van der Waals surface area contributed by atoms with Crippen LogP contribution in [0.1, 0.15) is 45.2 Å². The van der Waals surface area contributed by atoms with Crippen molar-refractivity contribution in [3.8, 4) is 0 Å². The molecule has 1 rings (SSSR count). The van der Waals surface area contributed by atoms with Gasteiger partial charge in [-0.2, -0.15) is 0 Å². The minimum absolute atomic E-state index is 0.0748. The molecule has 0 aliphatic rings. The highest BCUT2D eigenvalue weighted by atomic mass is 32.2. The number of nitrogens with zero attached hydrogens (tertiary/aromatic N) is 1. The molecule has 0 saturated carbocycles. The van der Waals surface area contributed by atoms with Crippen LogP contribution >= 0.6 is 11.8 Å². The van der Waals surface area contributed by atoms with Crippen LogP contribution in [0.25, 0.3) is 0 Å². The summed E-state index contributed by atoms with van der Waals surface area (Å²) in [6.07, 6.45) is 4.28. The summed E-state index contributed by atoms with van der Waals surface area (Å²) in [6.45, 7) is 4.12. The molecule has 0 aliphatic heterocycles. The number of amides is 1. The average Bonchev–Trinajstić information content (AvgIpc) is 2.52. The average molecular weight is 355 g/mol. The molecule has 0 bridgehead atoms. The molecule has 1 aromatic rings. The van der Waals surface area contributed by atoms with Gasteiger partial charge in [-0.25, -0.2) is 4.98 Å². The lowest BCUT2D eigenvalue weighted by Crippen LogP contribution is -2.33. The Balaban J connectivity index is 2.50. The van der Waals surface area contributed by atoms with E-state index in [2.05, 4.69) is 26.9 Å². The number of esters is 1. The van der Waals surface area contributed by atoms with Gasteiger partial charge in [0.2, 0.25) is 5.91 Å². The summed E-state index contributed by atoms with van der Waals surface area (Å²) in [6, 6.07) is 1.37. The summed E-state index contributed by atoms with van der Waals surface area (Å²) in [7, 11) is 1.27. The topological polar surface area (TPSA) is 101 Å². The number of aromatic nitrogens is 2. The van der Waals surface area contributed by atoms with Gasteiger partial charge in [0.1, 0.15) is 0 Å². The molecule has 0 aliphatic carbocycles. The van der Waals surface area contributed by atoms with Gasteiger partial charge in [-0.05, 0) is 13.3 Å². The monoisotopic (exact) mass is 355 g/mol. The third kappa shape index (κ3) is 8.14. The molecule has 0 radical (unpaired) electrons. The van der Waals surface area contributed by atoms with Gasteiger partial charge in [0, 0.05) is 12.1 Å². The Kier molecular flexibility index (Phi) is 9.14. The number of ether oxygens (including phenoxy) is 1. The van der Waals surface area contributed by atoms with Crippen molar-refractivity contribution < 1.29 is 14.3 Å². The molecule has 2 N–H and O–H groups in total. The Bertz CT molecular complexity index is 603. The Labute approximate surface area is 146 Å². The van der Waals surface area contributed by atoms with Crippen molar-refractivity contribution in [3.05, 3.63) is 22.1 Å². The molecule has 1 heterocycles. The second-order valence-corrected chi connectivity index (χ2v) is 6.51. The zero-order valence-electron chi connectivity index (χ0n) is 14.4. The minimum atomic E-state index is -0.470. The first kappa shape index (κ1) is 20.2. The Morgan fingerprint density at radius 3 is 2.83 bits per heavy atom. The maximum absolute atomic E-state index is 11.9. The smallest absolute Gasteiger partial charge is 0.311 e. The van der Waals surface area contributed by atoms with E-state index in [0.717, 1.165) is 37.4 Å². The number of rotatable bonds is 10. The Hall–Kier alpha value is -1.83. The second-order valence-electron chi connectivity index (χ2n) is 5.55. The highest BCUT2D eigenvalue weighted by Crippen LogP contribution is 2.11. The number of carbonyl (C=O) groups is 2. The number of nitrogens with one attached hydrogen (secondary N) is 2. The van der Waals surface area contributed by atoms with Gasteiger partial charge in [-0.1, -0.05) is 37.9 Å². The summed E-state index contributed by atoms with van der Waals surface area (Å²) in [5, 5.41) is 3.24. The number of methoxy groups -OCH3 is 1. The van der Waals surface area contributed by atoms with Crippen molar-refractivity contribution >= 4 is 23.6 Å². The first-order chi connectivity index (χ1) is 11.4. The molecule has 0 fully saturated rings. The van der Waals surface area contributed by atoms with Crippen molar-refractivity contribution in [2.45, 2.75) is 57.1 Å². The molecule has 1 amide bonds. The summed E-state index contributed by atoms with van der Waals surface area (Å²) in [4.78, 5) is 41.5. The van der Waals surface area contributed by atoms with Gasteiger partial charge in [0.15, 0.2) is 5.16 Å². The molecule has 24 heavy (non-hydrogen) atoms. The van der Waals surface area contributed by atoms with Crippen LogP contribution in [0.4, 0.5) is 0 Å². The molecule has 1 atom stereocenters. The van der Waals surface area contributed by atoms with Crippen LogP contribution in [0.5, 0.6) is 0 Å². The highest BCUT2D eigenvalue weighted by Gasteiger charge is 2.11. The van der Waals surface area contributed by atoms with Crippen molar-refractivity contribution in [1.82, 2.24) is 15.3 Å². The van der Waals surface area contributed by atoms with E-state index < -0.39 is 5.97 Å². The zero-order chi connectivity index (χ0) is 17.9. The highest BCUT2D eigenvalue weighted by molar-refractivity contribution is 7.99. The van der Waals surface area contributed by atoms with Crippen LogP contribution in [-0.4, -0.2) is 40.7 Å². The fourth-order valence-electron chi connectivity index (χ4n) is 2.09. The van der Waals surface area contributed by atoms with Crippen molar-refractivity contribution in [2.75, 3.05) is 12.9 Å². The van der Waals surface area contributed by atoms with Crippen molar-refractivity contribution in [3.63, 3.8) is 0 Å². The summed E-state index contributed by atoms with van der Waals surface area (Å²) in [5.74, 6) is -0.421. The molecule has 7 nitrogen and oxygen atoms in total. The molecule has 0 aromatic carbocycles. The van der Waals surface area contributed by atoms with Crippen molar-refractivity contribution in [1.29, 1.82) is 0 Å². The number of carbonyl (C=O) groups excluding carboxylic acids is 2. The van der Waals surface area contributed by atoms with Gasteiger partial charge < -0.3 is 15.0 Å². The number of hydrogen-bond acceptors (Lipinski definition) is 6. The lowest BCUT2D eigenvalue weighted by Gasteiger charge is -2.13. The molecular weight excluding hydrogens is 330 g/mol. The van der Waals surface area contributed by atoms with E-state index in [1.165, 1.54) is 13.2 Å². The number of aromatic amines is 1. The number of thioether (sulfide) groups is 1. The normalized spacial score (nSPS) is 11.8. The molecular formula is C16H25N3O4S. The van der Waals surface area contributed by atoms with Crippen LogP contribution < -0.4 is 10.9 Å². The maximum atomic E-state index is 11.9. The maximum Gasteiger partial charge on any atom is 0.311 e. The fraction of sp³-hybridized carbons (Fsp3) is 0.625. The summed E-state index contributed by atoms with van der Waals surface area (Å²) >= 11 is 1.13. The van der Waals surface area contributed by atoms with Gasteiger partial charge in [0.25, 0.3) is 5.56 Å². The number of unbranched alkanes of at least 4 members (excludes halogenated alkanes) is 2. The lowest BCUT2D eigenvalue weighted by atomic mass is 10.1. The third-order valence-corrected chi connectivity index (χ3v) is 4.19. The molecule has 1 aromatic heterocycles. The third-order valence-electron chi connectivity index (χ3n) is 3.31. The van der Waals surface area contributed by atoms with Gasteiger partial charge in [-0.15, -0.1) is 0 Å². The quantitative estimate of drug-likeness (QED) is 0.286. The molecule has 1 unspecified atom stereocenters. The molecule has 134 valence electrons. The van der Waals surface area contributed by atoms with Crippen LogP contribution in [-0.2, 0) is 20.7 Å². The van der Waals surface area contributed by atoms with E-state index in [1.54, 1.807) is 0 Å². The summed E-state index contributed by atoms with van der Waals surface area (Å²) < 4.78 is 4.55. The largest absolute Gasteiger partial charge is 0.469 e. The van der Waals surface area contributed by atoms with E-state index in [9.17, 15) is 14.4 Å². The van der Waals surface area contributed by atoms with E-state index >= 15 is 0 Å². The van der Waals surface area contributed by atoms with Crippen LogP contribution in [0, 0.1) is 0 Å². The number of H-pyrrole nitrogens is 1. The number of hydrogen-bond donors (Lipinski definition) is 2. The second kappa shape index (κ2) is 10.9. The predicted octanol–water partition coefficient (Wildman–Crippen LogP) is 1.66. The Morgan fingerprint density at radius 2 is 2.17 bits per heavy atom. The predicted molar refractivity (Wildman–Crippen MR) is 93.0 cm³/mol. The van der Waals surface area contributed by atoms with Crippen LogP contribution in [0.2, 0.25) is 0 Å². The summed E-state index contributed by atoms with van der Waals surface area (Å²) in [5.41, 5.74) is -0.0406. The first-order valence-corrected chi connectivity index (χ1v) is 9.02. The molecule has 0 saturated heterocycles. The van der Waals surface area contributed by atoms with E-state index in [4.69, 9.17) is 0 Å². The molecule has 0 spiro atoms. The van der Waals surface area contributed by atoms with E-state index in [1.807, 2.05) is 6.92 Å². The van der Waals surface area contributed by atoms with Crippen LogP contribution in [0.3, 0.4) is 0 Å². The van der Waals surface area contributed by atoms with Gasteiger partial charge in [-0.3, -0.25) is 14.4 Å². The van der Waals surface area contributed by atoms with Gasteiger partial charge >= 0.3 is 5.97 Å². The zero-order valence-corrected chi connectivity index (χ0v) is 15.2. The minimum Gasteiger partial charge on any atom is -0.469 e. The van der Waals surface area contributed by atoms with E-state index in [0.29, 0.717) is 10.9 Å². The molecule has 8 heteroatoms. The first-order valence-electron chi connectivity index (χ1n) is 8.03. The SMILES string of the molecule is CCCCCC(C)NC(=O)CSc1nc(CC(=O)OC)cc(=O)[nH]1. The van der Waals surface area contributed by atoms with Crippen molar-refractivity contribution in [2.24, 2.45) is 0 Å².